The predicted molar refractivity (Wildman–Crippen MR) is 170 cm³/mol. The highest BCUT2D eigenvalue weighted by Crippen LogP contribution is 2.35. The van der Waals surface area contributed by atoms with Crippen LogP contribution in [0.2, 0.25) is 0 Å². The SMILES string of the molecule is CCOc1ccc2[nH]c(C(=O)NN=Cc3ccccc3OC(=O)c3ccc(OCC)c(OCC)c3)c(-c3ccccc3)c2c1. The summed E-state index contributed by atoms with van der Waals surface area (Å²) in [5.41, 5.74) is 6.18. The van der Waals surface area contributed by atoms with Crippen molar-refractivity contribution in [2.24, 2.45) is 5.10 Å². The molecule has 0 aliphatic heterocycles. The van der Waals surface area contributed by atoms with Crippen molar-refractivity contribution < 1.29 is 28.5 Å². The van der Waals surface area contributed by atoms with Gasteiger partial charge in [-0.25, -0.2) is 10.2 Å². The number of amides is 1. The summed E-state index contributed by atoms with van der Waals surface area (Å²) < 4.78 is 22.6. The van der Waals surface area contributed by atoms with Gasteiger partial charge in [-0.05, 0) is 74.9 Å². The van der Waals surface area contributed by atoms with Crippen LogP contribution < -0.4 is 24.4 Å². The summed E-state index contributed by atoms with van der Waals surface area (Å²) in [6.45, 7) is 7.07. The minimum atomic E-state index is -0.573. The highest BCUT2D eigenvalue weighted by atomic mass is 16.5. The third-order valence-corrected chi connectivity index (χ3v) is 6.64. The van der Waals surface area contributed by atoms with E-state index in [1.54, 1.807) is 42.5 Å². The number of hydrogen-bond acceptors (Lipinski definition) is 7. The second-order valence-corrected chi connectivity index (χ2v) is 9.54. The van der Waals surface area contributed by atoms with Gasteiger partial charge in [-0.15, -0.1) is 0 Å². The average molecular weight is 592 g/mol. The van der Waals surface area contributed by atoms with Crippen LogP contribution in [0, 0.1) is 0 Å². The highest BCUT2D eigenvalue weighted by Gasteiger charge is 2.20. The van der Waals surface area contributed by atoms with Crippen molar-refractivity contribution in [2.45, 2.75) is 20.8 Å². The van der Waals surface area contributed by atoms with Crippen LogP contribution in [0.4, 0.5) is 0 Å². The molecule has 5 rings (SSSR count). The fraction of sp³-hybridized carbons (Fsp3) is 0.171. The zero-order chi connectivity index (χ0) is 30.9. The molecule has 2 N–H and O–H groups in total. The lowest BCUT2D eigenvalue weighted by molar-refractivity contribution is 0.0733. The van der Waals surface area contributed by atoms with Crippen LogP contribution in [-0.4, -0.2) is 42.9 Å². The number of carbonyl (C=O) groups is 2. The van der Waals surface area contributed by atoms with Gasteiger partial charge in [-0.1, -0.05) is 42.5 Å². The van der Waals surface area contributed by atoms with E-state index in [2.05, 4.69) is 15.5 Å². The van der Waals surface area contributed by atoms with E-state index in [0.717, 1.165) is 22.0 Å². The Bertz CT molecular complexity index is 1800. The molecule has 4 aromatic carbocycles. The average Bonchev–Trinajstić information content (AvgIpc) is 3.42. The van der Waals surface area contributed by atoms with Gasteiger partial charge in [0.2, 0.25) is 0 Å². The smallest absolute Gasteiger partial charge is 0.343 e. The van der Waals surface area contributed by atoms with E-state index in [-0.39, 0.29) is 5.75 Å². The summed E-state index contributed by atoms with van der Waals surface area (Å²) in [7, 11) is 0. The Morgan fingerprint density at radius 2 is 1.50 bits per heavy atom. The predicted octanol–water partition coefficient (Wildman–Crippen LogP) is 7.01. The maximum atomic E-state index is 13.4. The number of hydrazone groups is 1. The molecule has 224 valence electrons. The van der Waals surface area contributed by atoms with Gasteiger partial charge in [-0.3, -0.25) is 4.79 Å². The minimum Gasteiger partial charge on any atom is -0.494 e. The standard InChI is InChI=1S/C35H33N3O6/c1-4-41-26-17-18-28-27(21-26)32(23-12-8-7-9-13-23)33(37-28)34(39)38-36-22-25-14-10-11-15-29(25)44-35(40)24-16-19-30(42-5-2)31(20-24)43-6-3/h7-22,37H,4-6H2,1-3H3,(H,38,39). The Morgan fingerprint density at radius 1 is 0.773 bits per heavy atom. The van der Waals surface area contributed by atoms with Crippen LogP contribution >= 0.6 is 0 Å². The fourth-order valence-corrected chi connectivity index (χ4v) is 4.74. The van der Waals surface area contributed by atoms with Crippen LogP contribution in [0.15, 0.2) is 96.1 Å². The molecule has 0 radical (unpaired) electrons. The number of aromatic nitrogens is 1. The van der Waals surface area contributed by atoms with Gasteiger partial charge in [0.1, 0.15) is 17.2 Å². The van der Waals surface area contributed by atoms with E-state index in [1.807, 2.05) is 69.3 Å². The molecular weight excluding hydrogens is 558 g/mol. The molecule has 0 bridgehead atoms. The lowest BCUT2D eigenvalue weighted by atomic mass is 10.0. The molecule has 5 aromatic rings. The van der Waals surface area contributed by atoms with Crippen molar-refractivity contribution in [3.63, 3.8) is 0 Å². The molecule has 1 heterocycles. The van der Waals surface area contributed by atoms with Gasteiger partial charge in [0.05, 0.1) is 31.6 Å². The lowest BCUT2D eigenvalue weighted by Crippen LogP contribution is -2.19. The molecule has 0 aliphatic rings. The normalized spacial score (nSPS) is 11.0. The number of nitrogens with one attached hydrogen (secondary N) is 2. The monoisotopic (exact) mass is 591 g/mol. The molecule has 0 fully saturated rings. The van der Waals surface area contributed by atoms with Crippen LogP contribution in [0.5, 0.6) is 23.0 Å². The Kier molecular flexibility index (Phi) is 9.56. The Hall–Kier alpha value is -5.57. The molecule has 9 heteroatoms. The number of aromatic amines is 1. The number of hydrogen-bond donors (Lipinski definition) is 2. The van der Waals surface area contributed by atoms with E-state index >= 15 is 0 Å². The van der Waals surface area contributed by atoms with Crippen molar-refractivity contribution in [1.82, 2.24) is 10.4 Å². The number of H-pyrrole nitrogens is 1. The molecule has 0 unspecified atom stereocenters. The summed E-state index contributed by atoms with van der Waals surface area (Å²) in [6, 6.07) is 27.1. The maximum Gasteiger partial charge on any atom is 0.343 e. The van der Waals surface area contributed by atoms with E-state index in [4.69, 9.17) is 18.9 Å². The number of esters is 1. The minimum absolute atomic E-state index is 0.279. The van der Waals surface area contributed by atoms with Gasteiger partial charge in [0.15, 0.2) is 11.5 Å². The van der Waals surface area contributed by atoms with E-state index in [0.29, 0.717) is 53.9 Å². The van der Waals surface area contributed by atoms with Gasteiger partial charge >= 0.3 is 5.97 Å². The Balaban J connectivity index is 1.36. The number of fused-ring (bicyclic) bond motifs is 1. The zero-order valence-corrected chi connectivity index (χ0v) is 24.8. The summed E-state index contributed by atoms with van der Waals surface area (Å²) in [6.07, 6.45) is 1.43. The number of rotatable bonds is 12. The van der Waals surface area contributed by atoms with Crippen molar-refractivity contribution in [3.05, 3.63) is 108 Å². The maximum absolute atomic E-state index is 13.4. The van der Waals surface area contributed by atoms with Gasteiger partial charge in [0.25, 0.3) is 5.91 Å². The largest absolute Gasteiger partial charge is 0.494 e. The first kappa shape index (κ1) is 29.9. The molecule has 0 atom stereocenters. The van der Waals surface area contributed by atoms with Gasteiger partial charge in [-0.2, -0.15) is 5.10 Å². The first-order valence-corrected chi connectivity index (χ1v) is 14.4. The molecule has 1 amide bonds. The Morgan fingerprint density at radius 3 is 2.27 bits per heavy atom. The van der Waals surface area contributed by atoms with Crippen LogP contribution in [0.1, 0.15) is 47.2 Å². The van der Waals surface area contributed by atoms with Crippen molar-refractivity contribution in [2.75, 3.05) is 19.8 Å². The summed E-state index contributed by atoms with van der Waals surface area (Å²) >= 11 is 0. The van der Waals surface area contributed by atoms with Crippen LogP contribution in [-0.2, 0) is 0 Å². The second-order valence-electron chi connectivity index (χ2n) is 9.54. The molecule has 0 saturated heterocycles. The van der Waals surface area contributed by atoms with Crippen molar-refractivity contribution in [1.29, 1.82) is 0 Å². The van der Waals surface area contributed by atoms with E-state index < -0.39 is 11.9 Å². The highest BCUT2D eigenvalue weighted by molar-refractivity contribution is 6.10. The summed E-state index contributed by atoms with van der Waals surface area (Å²) in [5, 5.41) is 5.04. The first-order valence-electron chi connectivity index (χ1n) is 14.4. The van der Waals surface area contributed by atoms with Crippen molar-refractivity contribution in [3.8, 4) is 34.1 Å². The topological polar surface area (TPSA) is 111 Å². The second kappa shape index (κ2) is 14.1. The summed E-state index contributed by atoms with van der Waals surface area (Å²) in [5.74, 6) is 1.00. The molecular formula is C35H33N3O6. The quantitative estimate of drug-likeness (QED) is 0.0699. The first-order chi connectivity index (χ1) is 21.5. The number of nitrogens with zero attached hydrogens (tertiary/aromatic N) is 1. The number of para-hydroxylation sites is 1. The number of ether oxygens (including phenoxy) is 4. The fourth-order valence-electron chi connectivity index (χ4n) is 4.74. The zero-order valence-electron chi connectivity index (χ0n) is 24.8. The molecule has 0 aliphatic carbocycles. The third-order valence-electron chi connectivity index (χ3n) is 6.64. The van der Waals surface area contributed by atoms with Gasteiger partial charge < -0.3 is 23.9 Å². The Labute approximate surface area is 255 Å². The number of benzene rings is 4. The lowest BCUT2D eigenvalue weighted by Gasteiger charge is -2.12. The van der Waals surface area contributed by atoms with E-state index in [1.165, 1.54) is 6.21 Å². The summed E-state index contributed by atoms with van der Waals surface area (Å²) in [4.78, 5) is 29.7. The van der Waals surface area contributed by atoms with Crippen LogP contribution in [0.3, 0.4) is 0 Å². The molecule has 1 aromatic heterocycles. The molecule has 0 spiro atoms. The van der Waals surface area contributed by atoms with Crippen molar-refractivity contribution >= 4 is 29.0 Å². The van der Waals surface area contributed by atoms with Gasteiger partial charge in [0, 0.05) is 22.0 Å². The molecule has 44 heavy (non-hydrogen) atoms. The van der Waals surface area contributed by atoms with Crippen LogP contribution in [0.25, 0.3) is 22.0 Å². The van der Waals surface area contributed by atoms with E-state index in [9.17, 15) is 9.59 Å². The third kappa shape index (κ3) is 6.73. The molecule has 9 nitrogen and oxygen atoms in total. The molecule has 0 saturated carbocycles. The number of carbonyl (C=O) groups excluding carboxylic acids is 2.